The molecule has 0 saturated carbocycles. The molecule has 0 aliphatic carbocycles. The molecular weight excluding hydrogens is 292 g/mol. The fourth-order valence-electron chi connectivity index (χ4n) is 2.96. The number of nitrogens with two attached hydrogens (primary N) is 1. The summed E-state index contributed by atoms with van der Waals surface area (Å²) in [5, 5.41) is 9.81. The Morgan fingerprint density at radius 2 is 2.19 bits per heavy atom. The third-order valence-electron chi connectivity index (χ3n) is 4.12. The van der Waals surface area contributed by atoms with E-state index in [0.29, 0.717) is 31.0 Å². The molecule has 6 heteroatoms. The summed E-state index contributed by atoms with van der Waals surface area (Å²) in [4.78, 5) is 24.8. The molecule has 21 heavy (non-hydrogen) atoms. The van der Waals surface area contributed by atoms with Crippen molar-refractivity contribution in [3.63, 3.8) is 0 Å². The third kappa shape index (κ3) is 2.97. The van der Waals surface area contributed by atoms with Crippen LogP contribution in [0.2, 0.25) is 5.02 Å². The Morgan fingerprint density at radius 1 is 1.48 bits per heavy atom. The molecule has 1 fully saturated rings. The molecule has 1 aliphatic rings. The molecule has 0 spiro atoms. The van der Waals surface area contributed by atoms with Gasteiger partial charge in [0.15, 0.2) is 0 Å². The monoisotopic (exact) mass is 310 g/mol. The highest BCUT2D eigenvalue weighted by Gasteiger charge is 2.44. The maximum absolute atomic E-state index is 11.6. The van der Waals surface area contributed by atoms with Crippen molar-refractivity contribution in [2.24, 2.45) is 11.1 Å². The van der Waals surface area contributed by atoms with Crippen molar-refractivity contribution in [2.75, 3.05) is 18.0 Å². The van der Waals surface area contributed by atoms with Crippen LogP contribution in [0.4, 0.5) is 5.69 Å². The van der Waals surface area contributed by atoms with Gasteiger partial charge < -0.3 is 15.7 Å². The third-order valence-corrected chi connectivity index (χ3v) is 4.43. The number of carboxylic acid groups (broad SMARTS) is 1. The molecule has 1 atom stereocenters. The molecule has 0 bridgehead atoms. The zero-order valence-corrected chi connectivity index (χ0v) is 12.7. The van der Waals surface area contributed by atoms with Gasteiger partial charge in [-0.3, -0.25) is 9.59 Å². The summed E-state index contributed by atoms with van der Waals surface area (Å²) in [6.45, 7) is 3.12. The van der Waals surface area contributed by atoms with Gasteiger partial charge in [-0.1, -0.05) is 24.9 Å². The van der Waals surface area contributed by atoms with Gasteiger partial charge >= 0.3 is 5.97 Å². The van der Waals surface area contributed by atoms with Crippen LogP contribution in [0.15, 0.2) is 18.2 Å². The lowest BCUT2D eigenvalue weighted by atomic mass is 9.83. The Kier molecular flexibility index (Phi) is 4.42. The second-order valence-electron chi connectivity index (χ2n) is 5.54. The highest BCUT2D eigenvalue weighted by atomic mass is 35.5. The van der Waals surface area contributed by atoms with Crippen molar-refractivity contribution in [1.29, 1.82) is 0 Å². The van der Waals surface area contributed by atoms with Crippen molar-refractivity contribution in [3.05, 3.63) is 28.8 Å². The number of anilines is 1. The van der Waals surface area contributed by atoms with E-state index in [9.17, 15) is 14.7 Å². The average molecular weight is 311 g/mol. The van der Waals surface area contributed by atoms with Crippen molar-refractivity contribution in [1.82, 2.24) is 0 Å². The Balaban J connectivity index is 2.23. The van der Waals surface area contributed by atoms with Gasteiger partial charge in [0.05, 0.1) is 16.0 Å². The quantitative estimate of drug-likeness (QED) is 0.875. The van der Waals surface area contributed by atoms with Gasteiger partial charge in [0, 0.05) is 18.8 Å². The van der Waals surface area contributed by atoms with Gasteiger partial charge in [-0.05, 0) is 31.0 Å². The largest absolute Gasteiger partial charge is 0.481 e. The van der Waals surface area contributed by atoms with Crippen LogP contribution in [0, 0.1) is 5.41 Å². The highest BCUT2D eigenvalue weighted by molar-refractivity contribution is 6.34. The van der Waals surface area contributed by atoms with Gasteiger partial charge in [0.1, 0.15) is 0 Å². The van der Waals surface area contributed by atoms with Crippen molar-refractivity contribution in [3.8, 4) is 0 Å². The minimum absolute atomic E-state index is 0.276. The minimum atomic E-state index is -0.744. The summed E-state index contributed by atoms with van der Waals surface area (Å²) in [6, 6.07) is 5.02. The number of halogens is 1. The molecule has 1 unspecified atom stereocenters. The molecule has 1 aromatic rings. The lowest BCUT2D eigenvalue weighted by Crippen LogP contribution is -2.34. The van der Waals surface area contributed by atoms with E-state index in [1.165, 1.54) is 0 Å². The van der Waals surface area contributed by atoms with Crippen molar-refractivity contribution in [2.45, 2.75) is 26.2 Å². The summed E-state index contributed by atoms with van der Waals surface area (Å²) >= 11 is 6.05. The van der Waals surface area contributed by atoms with Crippen molar-refractivity contribution < 1.29 is 14.7 Å². The predicted molar refractivity (Wildman–Crippen MR) is 81.8 cm³/mol. The van der Waals surface area contributed by atoms with E-state index in [-0.39, 0.29) is 5.56 Å². The van der Waals surface area contributed by atoms with Crippen LogP contribution in [0.25, 0.3) is 0 Å². The van der Waals surface area contributed by atoms with Crippen LogP contribution in [-0.2, 0) is 4.79 Å². The molecule has 1 amide bonds. The maximum atomic E-state index is 11.6. The van der Waals surface area contributed by atoms with Crippen LogP contribution >= 0.6 is 11.6 Å². The van der Waals surface area contributed by atoms with Crippen molar-refractivity contribution >= 4 is 29.2 Å². The van der Waals surface area contributed by atoms with Crippen LogP contribution in [-0.4, -0.2) is 30.1 Å². The number of carbonyl (C=O) groups is 2. The summed E-state index contributed by atoms with van der Waals surface area (Å²) in [7, 11) is 0. The average Bonchev–Trinajstić information content (AvgIpc) is 2.84. The zero-order chi connectivity index (χ0) is 15.6. The number of benzene rings is 1. The number of nitrogens with zero attached hydrogens (tertiary/aromatic N) is 1. The lowest BCUT2D eigenvalue weighted by molar-refractivity contribution is -0.148. The number of amides is 1. The molecule has 3 N–H and O–H groups in total. The Hall–Kier alpha value is -1.75. The number of carbonyl (C=O) groups excluding carboxylic acids is 1. The van der Waals surface area contributed by atoms with Gasteiger partial charge in [0.2, 0.25) is 5.91 Å². The summed E-state index contributed by atoms with van der Waals surface area (Å²) in [5.74, 6) is -1.31. The first-order chi connectivity index (χ1) is 9.89. The normalized spacial score (nSPS) is 21.5. The molecule has 2 rings (SSSR count). The highest BCUT2D eigenvalue weighted by Crippen LogP contribution is 2.38. The molecule has 114 valence electrons. The number of aliphatic carboxylic acids is 1. The Morgan fingerprint density at radius 3 is 2.71 bits per heavy atom. The van der Waals surface area contributed by atoms with Gasteiger partial charge in [0.25, 0.3) is 0 Å². The number of hydrogen-bond acceptors (Lipinski definition) is 3. The van der Waals surface area contributed by atoms with Gasteiger partial charge in [-0.2, -0.15) is 0 Å². The van der Waals surface area contributed by atoms with E-state index in [1.54, 1.807) is 18.2 Å². The zero-order valence-electron chi connectivity index (χ0n) is 11.9. The molecular formula is C15H19ClN2O3. The minimum Gasteiger partial charge on any atom is -0.481 e. The van der Waals surface area contributed by atoms with Crippen LogP contribution < -0.4 is 10.6 Å². The molecule has 5 nitrogen and oxygen atoms in total. The first-order valence-corrected chi connectivity index (χ1v) is 7.35. The molecule has 0 aromatic heterocycles. The lowest BCUT2D eigenvalue weighted by Gasteiger charge is -2.25. The van der Waals surface area contributed by atoms with E-state index in [2.05, 4.69) is 0 Å². The van der Waals surface area contributed by atoms with E-state index in [1.807, 2.05) is 11.8 Å². The SMILES string of the molecule is CCCC1(C(=O)O)CCN(c2ccc(C(N)=O)c(Cl)c2)C1. The van der Waals surface area contributed by atoms with Gasteiger partial charge in [-0.15, -0.1) is 0 Å². The topological polar surface area (TPSA) is 83.6 Å². The van der Waals surface area contributed by atoms with Gasteiger partial charge in [-0.25, -0.2) is 0 Å². The van der Waals surface area contributed by atoms with E-state index >= 15 is 0 Å². The smallest absolute Gasteiger partial charge is 0.311 e. The van der Waals surface area contributed by atoms with Crippen LogP contribution in [0.3, 0.4) is 0 Å². The second kappa shape index (κ2) is 5.93. The van der Waals surface area contributed by atoms with E-state index in [0.717, 1.165) is 12.1 Å². The molecule has 1 heterocycles. The first kappa shape index (κ1) is 15.6. The van der Waals surface area contributed by atoms with Crippen LogP contribution in [0.1, 0.15) is 36.5 Å². The number of primary amides is 1. The summed E-state index contributed by atoms with van der Waals surface area (Å²) < 4.78 is 0. The molecule has 1 saturated heterocycles. The molecule has 1 aromatic carbocycles. The fraction of sp³-hybridized carbons (Fsp3) is 0.467. The predicted octanol–water partition coefficient (Wildman–Crippen LogP) is 2.52. The number of rotatable bonds is 5. The second-order valence-corrected chi connectivity index (χ2v) is 5.94. The number of carboxylic acids is 1. The Labute approximate surface area is 128 Å². The number of hydrogen-bond donors (Lipinski definition) is 2. The summed E-state index contributed by atoms with van der Waals surface area (Å²) in [6.07, 6.45) is 2.11. The summed E-state index contributed by atoms with van der Waals surface area (Å²) in [5.41, 5.74) is 5.63. The maximum Gasteiger partial charge on any atom is 0.311 e. The van der Waals surface area contributed by atoms with E-state index in [4.69, 9.17) is 17.3 Å². The molecule has 1 aliphatic heterocycles. The van der Waals surface area contributed by atoms with Crippen LogP contribution in [0.5, 0.6) is 0 Å². The van der Waals surface area contributed by atoms with E-state index < -0.39 is 17.3 Å². The first-order valence-electron chi connectivity index (χ1n) is 6.97. The Bertz CT molecular complexity index is 576. The molecule has 0 radical (unpaired) electrons. The fourth-order valence-corrected chi connectivity index (χ4v) is 3.23. The standard InChI is InChI=1S/C15H19ClN2O3/c1-2-5-15(14(20)21)6-7-18(9-15)10-3-4-11(13(17)19)12(16)8-10/h3-4,8H,2,5-7,9H2,1H3,(H2,17,19)(H,20,21).